The summed E-state index contributed by atoms with van der Waals surface area (Å²) in [6.45, 7) is 10.0. The standard InChI is InChI=1S/C18H25N/c1-3-4-12-19-13-8-9-16(2)18(15-19)14-17-10-6-5-7-11-17/h5-7,10-11,14H,2-4,8-9,12-13,15H2,1H3/b18-14+. The van der Waals surface area contributed by atoms with E-state index in [1.807, 2.05) is 0 Å². The lowest BCUT2D eigenvalue weighted by atomic mass is 10.0. The maximum atomic E-state index is 4.27. The Morgan fingerprint density at radius 3 is 2.79 bits per heavy atom. The first-order chi connectivity index (χ1) is 9.29. The van der Waals surface area contributed by atoms with Gasteiger partial charge in [0, 0.05) is 6.54 Å². The molecule has 0 radical (unpaired) electrons. The Morgan fingerprint density at radius 1 is 1.26 bits per heavy atom. The van der Waals surface area contributed by atoms with Crippen LogP contribution in [0.5, 0.6) is 0 Å². The van der Waals surface area contributed by atoms with Gasteiger partial charge in [0.25, 0.3) is 0 Å². The summed E-state index contributed by atoms with van der Waals surface area (Å²) in [5.74, 6) is 0. The fourth-order valence-corrected chi connectivity index (χ4v) is 2.58. The van der Waals surface area contributed by atoms with Crippen LogP contribution in [-0.2, 0) is 0 Å². The Hall–Kier alpha value is -1.34. The molecule has 1 heterocycles. The van der Waals surface area contributed by atoms with Crippen molar-refractivity contribution in [2.24, 2.45) is 0 Å². The Kier molecular flexibility index (Phi) is 5.41. The van der Waals surface area contributed by atoms with Gasteiger partial charge in [0.05, 0.1) is 0 Å². The van der Waals surface area contributed by atoms with Crippen molar-refractivity contribution in [2.45, 2.75) is 32.6 Å². The molecule has 1 aliphatic heterocycles. The molecule has 0 unspecified atom stereocenters. The largest absolute Gasteiger partial charge is 0.299 e. The van der Waals surface area contributed by atoms with Crippen LogP contribution < -0.4 is 0 Å². The number of likely N-dealkylation sites (tertiary alicyclic amines) is 1. The molecule has 19 heavy (non-hydrogen) atoms. The molecule has 0 N–H and O–H groups in total. The molecule has 1 fully saturated rings. The molecule has 1 aliphatic rings. The van der Waals surface area contributed by atoms with E-state index in [1.54, 1.807) is 0 Å². The van der Waals surface area contributed by atoms with E-state index in [2.05, 4.69) is 54.8 Å². The fraction of sp³-hybridized carbons (Fsp3) is 0.444. The zero-order chi connectivity index (χ0) is 13.5. The molecule has 0 bridgehead atoms. The lowest BCUT2D eigenvalue weighted by molar-refractivity contribution is 0.298. The summed E-state index contributed by atoms with van der Waals surface area (Å²) in [6.07, 6.45) is 7.27. The predicted molar refractivity (Wildman–Crippen MR) is 84.1 cm³/mol. The number of hydrogen-bond acceptors (Lipinski definition) is 1. The van der Waals surface area contributed by atoms with E-state index in [0.717, 1.165) is 13.0 Å². The van der Waals surface area contributed by atoms with Gasteiger partial charge < -0.3 is 0 Å². The third kappa shape index (κ3) is 4.36. The summed E-state index contributed by atoms with van der Waals surface area (Å²) in [4.78, 5) is 2.58. The quantitative estimate of drug-likeness (QED) is 0.764. The molecule has 1 aromatic carbocycles. The summed E-state index contributed by atoms with van der Waals surface area (Å²) in [6, 6.07) is 10.6. The molecule has 1 saturated heterocycles. The van der Waals surface area contributed by atoms with Gasteiger partial charge in [0.15, 0.2) is 0 Å². The van der Waals surface area contributed by atoms with Crippen molar-refractivity contribution in [3.05, 3.63) is 53.6 Å². The predicted octanol–water partition coefficient (Wildman–Crippen LogP) is 4.52. The van der Waals surface area contributed by atoms with E-state index in [1.165, 1.54) is 49.1 Å². The molecule has 0 aliphatic carbocycles. The minimum Gasteiger partial charge on any atom is -0.299 e. The van der Waals surface area contributed by atoms with Crippen molar-refractivity contribution in [2.75, 3.05) is 19.6 Å². The van der Waals surface area contributed by atoms with Gasteiger partial charge in [0.2, 0.25) is 0 Å². The topological polar surface area (TPSA) is 3.24 Å². The Morgan fingerprint density at radius 2 is 2.05 bits per heavy atom. The average Bonchev–Trinajstić information content (AvgIpc) is 2.60. The van der Waals surface area contributed by atoms with Crippen molar-refractivity contribution >= 4 is 6.08 Å². The highest BCUT2D eigenvalue weighted by atomic mass is 15.1. The first-order valence-electron chi connectivity index (χ1n) is 7.45. The van der Waals surface area contributed by atoms with Gasteiger partial charge in [-0.3, -0.25) is 4.90 Å². The molecule has 102 valence electrons. The number of rotatable bonds is 4. The zero-order valence-electron chi connectivity index (χ0n) is 12.1. The average molecular weight is 255 g/mol. The van der Waals surface area contributed by atoms with Crippen molar-refractivity contribution in [1.29, 1.82) is 0 Å². The van der Waals surface area contributed by atoms with E-state index in [4.69, 9.17) is 0 Å². The summed E-state index contributed by atoms with van der Waals surface area (Å²) in [5, 5.41) is 0. The third-order valence-corrected chi connectivity index (χ3v) is 3.77. The maximum Gasteiger partial charge on any atom is 0.0236 e. The van der Waals surface area contributed by atoms with E-state index in [0.29, 0.717) is 0 Å². The number of hydrogen-bond donors (Lipinski definition) is 0. The van der Waals surface area contributed by atoms with Gasteiger partial charge in [-0.15, -0.1) is 0 Å². The summed E-state index contributed by atoms with van der Waals surface area (Å²) in [5.41, 5.74) is 4.03. The van der Waals surface area contributed by atoms with Gasteiger partial charge in [-0.25, -0.2) is 0 Å². The van der Waals surface area contributed by atoms with Gasteiger partial charge >= 0.3 is 0 Å². The number of benzene rings is 1. The molecule has 0 amide bonds. The summed E-state index contributed by atoms with van der Waals surface area (Å²) >= 11 is 0. The van der Waals surface area contributed by atoms with E-state index >= 15 is 0 Å². The van der Waals surface area contributed by atoms with Crippen LogP contribution in [0.1, 0.15) is 38.2 Å². The van der Waals surface area contributed by atoms with Crippen LogP contribution in [0.25, 0.3) is 6.08 Å². The number of unbranched alkanes of at least 4 members (excludes halogenated alkanes) is 1. The first-order valence-corrected chi connectivity index (χ1v) is 7.45. The second-order valence-corrected chi connectivity index (χ2v) is 5.42. The smallest absolute Gasteiger partial charge is 0.0236 e. The van der Waals surface area contributed by atoms with Crippen LogP contribution in [0, 0.1) is 0 Å². The van der Waals surface area contributed by atoms with Crippen LogP contribution in [0.4, 0.5) is 0 Å². The lowest BCUT2D eigenvalue weighted by Crippen LogP contribution is -2.26. The molecule has 2 rings (SSSR count). The lowest BCUT2D eigenvalue weighted by Gasteiger charge is -2.20. The summed E-state index contributed by atoms with van der Waals surface area (Å²) < 4.78 is 0. The molecule has 0 atom stereocenters. The molecule has 0 saturated carbocycles. The van der Waals surface area contributed by atoms with Crippen molar-refractivity contribution in [3.8, 4) is 0 Å². The highest BCUT2D eigenvalue weighted by Crippen LogP contribution is 2.23. The molecular formula is C18H25N. The maximum absolute atomic E-state index is 4.27. The molecular weight excluding hydrogens is 230 g/mol. The monoisotopic (exact) mass is 255 g/mol. The van der Waals surface area contributed by atoms with Crippen molar-refractivity contribution in [3.63, 3.8) is 0 Å². The van der Waals surface area contributed by atoms with E-state index < -0.39 is 0 Å². The van der Waals surface area contributed by atoms with Gasteiger partial charge in [-0.05, 0) is 43.5 Å². The SMILES string of the molecule is C=C1CCCN(CCCC)C/C1=C\c1ccccc1. The molecule has 1 heteroatoms. The van der Waals surface area contributed by atoms with E-state index in [9.17, 15) is 0 Å². The van der Waals surface area contributed by atoms with Crippen molar-refractivity contribution < 1.29 is 0 Å². The van der Waals surface area contributed by atoms with E-state index in [-0.39, 0.29) is 0 Å². The highest BCUT2D eigenvalue weighted by molar-refractivity contribution is 5.58. The van der Waals surface area contributed by atoms with Crippen LogP contribution >= 0.6 is 0 Å². The Bertz CT molecular complexity index is 430. The van der Waals surface area contributed by atoms with Crippen molar-refractivity contribution in [1.82, 2.24) is 4.90 Å². The second-order valence-electron chi connectivity index (χ2n) is 5.42. The molecule has 0 spiro atoms. The van der Waals surface area contributed by atoms with Crippen LogP contribution in [0.15, 0.2) is 48.1 Å². The van der Waals surface area contributed by atoms with Gasteiger partial charge in [-0.2, -0.15) is 0 Å². The Labute approximate surface area is 117 Å². The van der Waals surface area contributed by atoms with Crippen LogP contribution in [-0.4, -0.2) is 24.5 Å². The molecule has 1 nitrogen and oxygen atoms in total. The third-order valence-electron chi connectivity index (χ3n) is 3.77. The molecule has 1 aromatic rings. The highest BCUT2D eigenvalue weighted by Gasteiger charge is 2.14. The van der Waals surface area contributed by atoms with Crippen LogP contribution in [0.2, 0.25) is 0 Å². The minimum atomic E-state index is 1.06. The minimum absolute atomic E-state index is 1.06. The number of nitrogens with zero attached hydrogens (tertiary/aromatic N) is 1. The molecule has 0 aromatic heterocycles. The Balaban J connectivity index is 2.11. The van der Waals surface area contributed by atoms with Gasteiger partial charge in [0.1, 0.15) is 0 Å². The van der Waals surface area contributed by atoms with Gasteiger partial charge in [-0.1, -0.05) is 61.9 Å². The summed E-state index contributed by atoms with van der Waals surface area (Å²) in [7, 11) is 0. The zero-order valence-corrected chi connectivity index (χ0v) is 12.1. The second kappa shape index (κ2) is 7.30. The van der Waals surface area contributed by atoms with Crippen LogP contribution in [0.3, 0.4) is 0 Å². The first kappa shape index (κ1) is 14.1. The fourth-order valence-electron chi connectivity index (χ4n) is 2.58. The normalized spacial score (nSPS) is 19.6.